The fourth-order valence-electron chi connectivity index (χ4n) is 2.77. The number of aromatic nitrogens is 3. The van der Waals surface area contributed by atoms with Crippen molar-refractivity contribution in [3.63, 3.8) is 0 Å². The first kappa shape index (κ1) is 19.4. The summed E-state index contributed by atoms with van der Waals surface area (Å²) in [6, 6.07) is 5.41. The molecular weight excluding hydrogens is 372 g/mol. The van der Waals surface area contributed by atoms with E-state index in [0.717, 1.165) is 39.4 Å². The molecule has 0 unspecified atom stereocenters. The van der Waals surface area contributed by atoms with Gasteiger partial charge in [0.2, 0.25) is 17.2 Å². The Labute approximate surface area is 163 Å². The summed E-state index contributed by atoms with van der Waals surface area (Å²) in [5.41, 5.74) is 0.698. The van der Waals surface area contributed by atoms with E-state index in [-0.39, 0.29) is 5.28 Å². The maximum absolute atomic E-state index is 6.05. The number of quaternary nitrogens is 1. The second kappa shape index (κ2) is 9.54. The largest absolute Gasteiger partial charge is 0.497 e. The minimum atomic E-state index is 0.112. The average Bonchev–Trinajstić information content (AvgIpc) is 2.69. The van der Waals surface area contributed by atoms with Crippen molar-refractivity contribution in [3.8, 4) is 11.5 Å². The number of anilines is 3. The minimum Gasteiger partial charge on any atom is -0.497 e. The Morgan fingerprint density at radius 3 is 2.63 bits per heavy atom. The molecular formula is C17H24ClN6O3+. The SMILES string of the molecule is COc1ccc(Nc2nc(Cl)nc(NCC[NH+]3CCOCC3)n2)c(OC)c1. The van der Waals surface area contributed by atoms with Gasteiger partial charge in [0.05, 0.1) is 46.2 Å². The van der Waals surface area contributed by atoms with E-state index in [2.05, 4.69) is 25.6 Å². The van der Waals surface area contributed by atoms with E-state index in [1.807, 2.05) is 12.1 Å². The van der Waals surface area contributed by atoms with Crippen molar-refractivity contribution in [3.05, 3.63) is 23.5 Å². The van der Waals surface area contributed by atoms with Gasteiger partial charge < -0.3 is 29.7 Å². The molecule has 1 aromatic heterocycles. The van der Waals surface area contributed by atoms with E-state index in [1.165, 1.54) is 4.90 Å². The van der Waals surface area contributed by atoms with Crippen LogP contribution in [0.3, 0.4) is 0 Å². The van der Waals surface area contributed by atoms with Crippen LogP contribution in [0.1, 0.15) is 0 Å². The van der Waals surface area contributed by atoms with Crippen LogP contribution in [0.2, 0.25) is 5.28 Å². The second-order valence-corrected chi connectivity index (χ2v) is 6.32. The van der Waals surface area contributed by atoms with Gasteiger partial charge in [0.15, 0.2) is 0 Å². The average molecular weight is 396 g/mol. The Kier molecular flexibility index (Phi) is 6.86. The van der Waals surface area contributed by atoms with Crippen molar-refractivity contribution in [2.24, 2.45) is 0 Å². The first-order valence-electron chi connectivity index (χ1n) is 8.73. The Morgan fingerprint density at radius 2 is 1.89 bits per heavy atom. The van der Waals surface area contributed by atoms with Crippen LogP contribution in [-0.2, 0) is 4.74 Å². The van der Waals surface area contributed by atoms with Crippen LogP contribution in [-0.4, -0.2) is 68.6 Å². The fourth-order valence-corrected chi connectivity index (χ4v) is 2.93. The lowest BCUT2D eigenvalue weighted by atomic mass is 10.2. The number of hydrogen-bond donors (Lipinski definition) is 3. The molecule has 0 atom stereocenters. The zero-order chi connectivity index (χ0) is 19.1. The standard InChI is InChI=1S/C17H23ClN6O3/c1-25-12-3-4-13(14(11-12)26-2)20-17-22-15(18)21-16(23-17)19-5-6-24-7-9-27-10-8-24/h3-4,11H,5-10H2,1-2H3,(H2,19,20,21,22,23)/p+1. The lowest BCUT2D eigenvalue weighted by Gasteiger charge is -2.23. The highest BCUT2D eigenvalue weighted by atomic mass is 35.5. The number of nitrogens with one attached hydrogen (secondary N) is 3. The summed E-state index contributed by atoms with van der Waals surface area (Å²) in [6.45, 7) is 5.35. The highest BCUT2D eigenvalue weighted by Crippen LogP contribution is 2.30. The van der Waals surface area contributed by atoms with E-state index in [9.17, 15) is 0 Å². The molecule has 2 aromatic rings. The minimum absolute atomic E-state index is 0.112. The van der Waals surface area contributed by atoms with Gasteiger partial charge in [0, 0.05) is 6.07 Å². The molecule has 1 saturated heterocycles. The molecule has 10 heteroatoms. The van der Waals surface area contributed by atoms with Crippen molar-refractivity contribution in [1.29, 1.82) is 0 Å². The van der Waals surface area contributed by atoms with Gasteiger partial charge in [-0.05, 0) is 23.7 Å². The summed E-state index contributed by atoms with van der Waals surface area (Å²) in [6.07, 6.45) is 0. The Balaban J connectivity index is 1.64. The monoisotopic (exact) mass is 395 g/mol. The zero-order valence-electron chi connectivity index (χ0n) is 15.4. The van der Waals surface area contributed by atoms with Gasteiger partial charge in [-0.15, -0.1) is 0 Å². The number of ether oxygens (including phenoxy) is 3. The molecule has 0 aliphatic carbocycles. The highest BCUT2D eigenvalue weighted by molar-refractivity contribution is 6.28. The third-order valence-corrected chi connectivity index (χ3v) is 4.39. The van der Waals surface area contributed by atoms with Gasteiger partial charge in [-0.25, -0.2) is 0 Å². The third kappa shape index (κ3) is 5.56. The first-order valence-corrected chi connectivity index (χ1v) is 9.11. The van der Waals surface area contributed by atoms with Gasteiger partial charge in [-0.2, -0.15) is 15.0 Å². The molecule has 1 aliphatic rings. The van der Waals surface area contributed by atoms with Crippen LogP contribution in [0, 0.1) is 0 Å². The number of benzene rings is 1. The lowest BCUT2D eigenvalue weighted by molar-refractivity contribution is -0.906. The Hall–Kier alpha value is -2.36. The van der Waals surface area contributed by atoms with Crippen LogP contribution in [0.4, 0.5) is 17.6 Å². The smallest absolute Gasteiger partial charge is 0.233 e. The molecule has 1 aliphatic heterocycles. The molecule has 0 radical (unpaired) electrons. The molecule has 9 nitrogen and oxygen atoms in total. The summed E-state index contributed by atoms with van der Waals surface area (Å²) in [5.74, 6) is 2.06. The first-order chi connectivity index (χ1) is 13.2. The van der Waals surface area contributed by atoms with Gasteiger partial charge in [-0.1, -0.05) is 0 Å². The zero-order valence-corrected chi connectivity index (χ0v) is 16.2. The highest BCUT2D eigenvalue weighted by Gasteiger charge is 2.14. The summed E-state index contributed by atoms with van der Waals surface area (Å²) in [4.78, 5) is 14.1. The van der Waals surface area contributed by atoms with Gasteiger partial charge in [0.25, 0.3) is 0 Å². The second-order valence-electron chi connectivity index (χ2n) is 5.98. The van der Waals surface area contributed by atoms with E-state index in [0.29, 0.717) is 29.1 Å². The van der Waals surface area contributed by atoms with Gasteiger partial charge in [-0.3, -0.25) is 0 Å². The van der Waals surface area contributed by atoms with Crippen LogP contribution < -0.4 is 25.0 Å². The number of morpholine rings is 1. The third-order valence-electron chi connectivity index (χ3n) is 4.22. The predicted octanol–water partition coefficient (Wildman–Crippen LogP) is 0.613. The maximum Gasteiger partial charge on any atom is 0.233 e. The lowest BCUT2D eigenvalue weighted by Crippen LogP contribution is -3.14. The predicted molar refractivity (Wildman–Crippen MR) is 103 cm³/mol. The van der Waals surface area contributed by atoms with Gasteiger partial charge >= 0.3 is 0 Å². The molecule has 1 fully saturated rings. The van der Waals surface area contributed by atoms with E-state index >= 15 is 0 Å². The molecule has 146 valence electrons. The molecule has 27 heavy (non-hydrogen) atoms. The van der Waals surface area contributed by atoms with Gasteiger partial charge in [0.1, 0.15) is 24.6 Å². The molecule has 1 aromatic carbocycles. The summed E-state index contributed by atoms with van der Waals surface area (Å²) >= 11 is 6.05. The molecule has 0 spiro atoms. The van der Waals surface area contributed by atoms with Crippen LogP contribution in [0.15, 0.2) is 18.2 Å². The Morgan fingerprint density at radius 1 is 1.11 bits per heavy atom. The van der Waals surface area contributed by atoms with E-state index in [1.54, 1.807) is 20.3 Å². The fraction of sp³-hybridized carbons (Fsp3) is 0.471. The summed E-state index contributed by atoms with van der Waals surface area (Å²) in [5, 5.41) is 6.43. The van der Waals surface area contributed by atoms with E-state index in [4.69, 9.17) is 25.8 Å². The van der Waals surface area contributed by atoms with Crippen molar-refractivity contribution in [2.75, 3.05) is 64.2 Å². The van der Waals surface area contributed by atoms with Crippen molar-refractivity contribution in [1.82, 2.24) is 15.0 Å². The summed E-state index contributed by atoms with van der Waals surface area (Å²) < 4.78 is 15.9. The number of rotatable bonds is 8. The number of halogens is 1. The molecule has 3 rings (SSSR count). The van der Waals surface area contributed by atoms with Crippen molar-refractivity contribution in [2.45, 2.75) is 0 Å². The molecule has 3 N–H and O–H groups in total. The molecule has 0 amide bonds. The topological polar surface area (TPSA) is 94.9 Å². The number of nitrogens with zero attached hydrogens (tertiary/aromatic N) is 3. The summed E-state index contributed by atoms with van der Waals surface area (Å²) in [7, 11) is 3.19. The molecule has 0 bridgehead atoms. The van der Waals surface area contributed by atoms with Crippen molar-refractivity contribution >= 4 is 29.2 Å². The number of methoxy groups -OCH3 is 2. The van der Waals surface area contributed by atoms with Crippen LogP contribution in [0.5, 0.6) is 11.5 Å². The van der Waals surface area contributed by atoms with Crippen molar-refractivity contribution < 1.29 is 19.1 Å². The number of hydrogen-bond acceptors (Lipinski definition) is 8. The quantitative estimate of drug-likeness (QED) is 0.598. The van der Waals surface area contributed by atoms with Crippen LogP contribution in [0.25, 0.3) is 0 Å². The molecule has 2 heterocycles. The van der Waals surface area contributed by atoms with Crippen LogP contribution >= 0.6 is 11.6 Å². The normalized spacial score (nSPS) is 14.6. The molecule has 0 saturated carbocycles. The maximum atomic E-state index is 6.05. The Bertz CT molecular complexity index is 757. The van der Waals surface area contributed by atoms with E-state index < -0.39 is 0 Å².